The smallest absolute Gasteiger partial charge is 0.322 e. The lowest BCUT2D eigenvalue weighted by Crippen LogP contribution is -2.33. The third-order valence-electron chi connectivity index (χ3n) is 3.03. The fourth-order valence-corrected chi connectivity index (χ4v) is 1.96. The van der Waals surface area contributed by atoms with Crippen LogP contribution in [0.3, 0.4) is 0 Å². The highest BCUT2D eigenvalue weighted by molar-refractivity contribution is 5.85. The molecule has 1 atom stereocenters. The molecule has 0 bridgehead atoms. The van der Waals surface area contributed by atoms with Gasteiger partial charge in [0.15, 0.2) is 0 Å². The maximum atomic E-state index is 11.3. The number of benzene rings is 1. The minimum absolute atomic E-state index is 0. The SMILES string of the molecule is COC(=O)[C@@H](N)Cc1ccc(-c2ccnn2C)cc1.Cl.Cl. The second-order valence-corrected chi connectivity index (χ2v) is 4.37. The van der Waals surface area contributed by atoms with Crippen molar-refractivity contribution in [1.29, 1.82) is 0 Å². The van der Waals surface area contributed by atoms with E-state index in [0.29, 0.717) is 6.42 Å². The van der Waals surface area contributed by atoms with Gasteiger partial charge in [-0.25, -0.2) is 0 Å². The largest absolute Gasteiger partial charge is 0.468 e. The van der Waals surface area contributed by atoms with Gasteiger partial charge in [-0.2, -0.15) is 5.10 Å². The average Bonchev–Trinajstić information content (AvgIpc) is 2.85. The molecule has 2 rings (SSSR count). The Labute approximate surface area is 136 Å². The van der Waals surface area contributed by atoms with Crippen LogP contribution in [0.15, 0.2) is 36.5 Å². The lowest BCUT2D eigenvalue weighted by atomic mass is 10.0. The van der Waals surface area contributed by atoms with E-state index in [2.05, 4.69) is 9.84 Å². The van der Waals surface area contributed by atoms with Crippen LogP contribution in [-0.4, -0.2) is 28.9 Å². The molecule has 116 valence electrons. The lowest BCUT2D eigenvalue weighted by molar-refractivity contribution is -0.142. The Morgan fingerprint density at radius 1 is 1.29 bits per heavy atom. The van der Waals surface area contributed by atoms with E-state index in [4.69, 9.17) is 5.73 Å². The van der Waals surface area contributed by atoms with Gasteiger partial charge >= 0.3 is 5.97 Å². The van der Waals surface area contributed by atoms with Crippen molar-refractivity contribution >= 4 is 30.8 Å². The Hall–Kier alpha value is -1.56. The number of rotatable bonds is 4. The van der Waals surface area contributed by atoms with Gasteiger partial charge in [0.1, 0.15) is 6.04 Å². The molecule has 0 saturated carbocycles. The molecule has 0 unspecified atom stereocenters. The van der Waals surface area contributed by atoms with Gasteiger partial charge in [-0.15, -0.1) is 24.8 Å². The number of aryl methyl sites for hydroxylation is 1. The molecule has 2 N–H and O–H groups in total. The molecule has 2 aromatic rings. The summed E-state index contributed by atoms with van der Waals surface area (Å²) in [5, 5.41) is 4.13. The minimum Gasteiger partial charge on any atom is -0.468 e. The molecule has 5 nitrogen and oxygen atoms in total. The topological polar surface area (TPSA) is 70.1 Å². The number of halogens is 2. The summed E-state index contributed by atoms with van der Waals surface area (Å²) in [6, 6.07) is 9.26. The first kappa shape index (κ1) is 19.4. The van der Waals surface area contributed by atoms with Gasteiger partial charge in [0.05, 0.1) is 12.8 Å². The molecule has 21 heavy (non-hydrogen) atoms. The van der Waals surface area contributed by atoms with E-state index < -0.39 is 12.0 Å². The van der Waals surface area contributed by atoms with Crippen molar-refractivity contribution in [2.24, 2.45) is 12.8 Å². The molecule has 0 aliphatic carbocycles. The van der Waals surface area contributed by atoms with Crippen LogP contribution in [0.1, 0.15) is 5.56 Å². The number of hydrogen-bond donors (Lipinski definition) is 1. The molecule has 0 saturated heterocycles. The lowest BCUT2D eigenvalue weighted by Gasteiger charge is -2.09. The Morgan fingerprint density at radius 3 is 2.38 bits per heavy atom. The van der Waals surface area contributed by atoms with Gasteiger partial charge in [0, 0.05) is 13.2 Å². The van der Waals surface area contributed by atoms with Crippen LogP contribution in [-0.2, 0) is 23.0 Å². The molecule has 0 aliphatic rings. The number of nitrogens with two attached hydrogens (primary N) is 1. The molecule has 0 amide bonds. The van der Waals surface area contributed by atoms with E-state index in [-0.39, 0.29) is 24.8 Å². The maximum absolute atomic E-state index is 11.3. The zero-order valence-corrected chi connectivity index (χ0v) is 13.5. The van der Waals surface area contributed by atoms with Crippen LogP contribution in [0, 0.1) is 0 Å². The molecule has 0 aliphatic heterocycles. The third-order valence-corrected chi connectivity index (χ3v) is 3.03. The summed E-state index contributed by atoms with van der Waals surface area (Å²) in [6.45, 7) is 0. The van der Waals surface area contributed by atoms with Crippen LogP contribution in [0.4, 0.5) is 0 Å². The highest BCUT2D eigenvalue weighted by Gasteiger charge is 2.14. The number of ether oxygens (including phenoxy) is 1. The molecule has 0 radical (unpaired) electrons. The van der Waals surface area contributed by atoms with Crippen LogP contribution in [0.5, 0.6) is 0 Å². The van der Waals surface area contributed by atoms with Crippen molar-refractivity contribution in [2.45, 2.75) is 12.5 Å². The molecular formula is C14H19Cl2N3O2. The fourth-order valence-electron chi connectivity index (χ4n) is 1.96. The summed E-state index contributed by atoms with van der Waals surface area (Å²) in [4.78, 5) is 11.3. The van der Waals surface area contributed by atoms with E-state index in [9.17, 15) is 4.79 Å². The highest BCUT2D eigenvalue weighted by Crippen LogP contribution is 2.19. The number of aromatic nitrogens is 2. The first-order chi connectivity index (χ1) is 9.11. The Balaban J connectivity index is 0.00000200. The first-order valence-electron chi connectivity index (χ1n) is 6.02. The van der Waals surface area contributed by atoms with Crippen molar-refractivity contribution in [2.75, 3.05) is 7.11 Å². The summed E-state index contributed by atoms with van der Waals surface area (Å²) in [5.74, 6) is -0.393. The summed E-state index contributed by atoms with van der Waals surface area (Å²) >= 11 is 0. The Kier molecular flexibility index (Phi) is 8.02. The van der Waals surface area contributed by atoms with E-state index in [1.54, 1.807) is 6.20 Å². The van der Waals surface area contributed by atoms with Gasteiger partial charge in [-0.1, -0.05) is 24.3 Å². The molecule has 1 heterocycles. The molecule has 0 spiro atoms. The molecule has 0 fully saturated rings. The van der Waals surface area contributed by atoms with Gasteiger partial charge in [0.25, 0.3) is 0 Å². The summed E-state index contributed by atoms with van der Waals surface area (Å²) in [6.07, 6.45) is 2.23. The third kappa shape index (κ3) is 4.74. The summed E-state index contributed by atoms with van der Waals surface area (Å²) in [5.41, 5.74) is 8.86. The number of carbonyl (C=O) groups is 1. The summed E-state index contributed by atoms with van der Waals surface area (Å²) < 4.78 is 6.42. The van der Waals surface area contributed by atoms with Crippen LogP contribution >= 0.6 is 24.8 Å². The quantitative estimate of drug-likeness (QED) is 0.869. The number of carbonyl (C=O) groups excluding carboxylic acids is 1. The van der Waals surface area contributed by atoms with Crippen molar-refractivity contribution in [3.05, 3.63) is 42.1 Å². The van der Waals surface area contributed by atoms with Crippen molar-refractivity contribution in [3.8, 4) is 11.3 Å². The number of methoxy groups -OCH3 is 1. The number of nitrogens with zero attached hydrogens (tertiary/aromatic N) is 2. The van der Waals surface area contributed by atoms with Gasteiger partial charge in [-0.05, 0) is 23.6 Å². The van der Waals surface area contributed by atoms with Crippen molar-refractivity contribution < 1.29 is 9.53 Å². The monoisotopic (exact) mass is 331 g/mol. The molecule has 7 heteroatoms. The summed E-state index contributed by atoms with van der Waals surface area (Å²) in [7, 11) is 3.24. The molecule has 1 aromatic carbocycles. The van der Waals surface area contributed by atoms with Crippen molar-refractivity contribution in [1.82, 2.24) is 9.78 Å². The highest BCUT2D eigenvalue weighted by atomic mass is 35.5. The number of hydrogen-bond acceptors (Lipinski definition) is 4. The van der Waals surface area contributed by atoms with Crippen LogP contribution in [0.25, 0.3) is 11.3 Å². The minimum atomic E-state index is -0.618. The van der Waals surface area contributed by atoms with Crippen LogP contribution in [0.2, 0.25) is 0 Å². The normalized spacial score (nSPS) is 11.0. The van der Waals surface area contributed by atoms with Gasteiger partial charge in [0.2, 0.25) is 0 Å². The zero-order valence-electron chi connectivity index (χ0n) is 11.9. The van der Waals surface area contributed by atoms with Crippen LogP contribution < -0.4 is 5.73 Å². The zero-order chi connectivity index (χ0) is 13.8. The predicted octanol–water partition coefficient (Wildman–Crippen LogP) is 1.97. The Morgan fingerprint density at radius 2 is 1.90 bits per heavy atom. The molecule has 1 aromatic heterocycles. The molecular weight excluding hydrogens is 313 g/mol. The second-order valence-electron chi connectivity index (χ2n) is 4.37. The second kappa shape index (κ2) is 8.67. The standard InChI is InChI=1S/C14H17N3O2.2ClH/c1-17-13(7-8-16-17)11-5-3-10(4-6-11)9-12(15)14(18)19-2;;/h3-8,12H,9,15H2,1-2H3;2*1H/t12-;;/m0../s1. The van der Waals surface area contributed by atoms with E-state index >= 15 is 0 Å². The van der Waals surface area contributed by atoms with Crippen molar-refractivity contribution in [3.63, 3.8) is 0 Å². The first-order valence-corrected chi connectivity index (χ1v) is 6.02. The van der Waals surface area contributed by atoms with Gasteiger partial charge in [-0.3, -0.25) is 9.48 Å². The van der Waals surface area contributed by atoms with Gasteiger partial charge < -0.3 is 10.5 Å². The Bertz CT molecular complexity index is 570. The number of esters is 1. The van der Waals surface area contributed by atoms with E-state index in [0.717, 1.165) is 16.8 Å². The van der Waals surface area contributed by atoms with E-state index in [1.807, 2.05) is 42.1 Å². The predicted molar refractivity (Wildman–Crippen MR) is 86.8 cm³/mol. The average molecular weight is 332 g/mol. The maximum Gasteiger partial charge on any atom is 0.322 e. The fraction of sp³-hybridized carbons (Fsp3) is 0.286. The van der Waals surface area contributed by atoms with E-state index in [1.165, 1.54) is 7.11 Å².